The molecule has 118 valence electrons. The molecule has 20 heavy (non-hydrogen) atoms. The summed E-state index contributed by atoms with van der Waals surface area (Å²) in [5.74, 6) is 1.66. The van der Waals surface area contributed by atoms with Crippen molar-refractivity contribution in [1.29, 1.82) is 0 Å². The van der Waals surface area contributed by atoms with Crippen molar-refractivity contribution in [3.8, 4) is 0 Å². The maximum absolute atomic E-state index is 5.96. The number of aliphatic imine (C=N–C) groups is 1. The SMILES string of the molecule is CC1CCN(CCCCN=C(N)N(C)C2CC2)CC1.I. The molecular weight excluding hydrogens is 363 g/mol. The highest BCUT2D eigenvalue weighted by Gasteiger charge is 2.27. The van der Waals surface area contributed by atoms with Gasteiger partial charge in [0.25, 0.3) is 0 Å². The van der Waals surface area contributed by atoms with Crippen molar-refractivity contribution in [3.05, 3.63) is 0 Å². The molecule has 2 rings (SSSR count). The van der Waals surface area contributed by atoms with Gasteiger partial charge in [-0.05, 0) is 64.1 Å². The van der Waals surface area contributed by atoms with Crippen LogP contribution in [-0.2, 0) is 0 Å². The number of nitrogens with zero attached hydrogens (tertiary/aromatic N) is 3. The maximum Gasteiger partial charge on any atom is 0.191 e. The van der Waals surface area contributed by atoms with Gasteiger partial charge in [-0.15, -0.1) is 24.0 Å². The zero-order chi connectivity index (χ0) is 13.7. The molecule has 0 spiro atoms. The lowest BCUT2D eigenvalue weighted by Gasteiger charge is -2.30. The number of piperidine rings is 1. The van der Waals surface area contributed by atoms with Crippen molar-refractivity contribution in [2.45, 2.75) is 51.5 Å². The standard InChI is InChI=1S/C15H30N4.HI/c1-13-7-11-19(12-8-13)10-4-3-9-17-15(16)18(2)14-5-6-14;/h13-14H,3-12H2,1-2H3,(H2,16,17);1H. The van der Waals surface area contributed by atoms with Crippen LogP contribution in [0.4, 0.5) is 0 Å². The topological polar surface area (TPSA) is 44.9 Å². The van der Waals surface area contributed by atoms with Gasteiger partial charge in [-0.2, -0.15) is 0 Å². The van der Waals surface area contributed by atoms with E-state index in [1.807, 2.05) is 0 Å². The molecule has 0 aromatic rings. The largest absolute Gasteiger partial charge is 0.370 e. The number of likely N-dealkylation sites (tertiary alicyclic amines) is 1. The lowest BCUT2D eigenvalue weighted by molar-refractivity contribution is 0.190. The van der Waals surface area contributed by atoms with Crippen LogP contribution < -0.4 is 5.73 Å². The average Bonchev–Trinajstić information content (AvgIpc) is 3.24. The molecule has 0 unspecified atom stereocenters. The first-order chi connectivity index (χ1) is 9.16. The summed E-state index contributed by atoms with van der Waals surface area (Å²) in [4.78, 5) is 9.21. The van der Waals surface area contributed by atoms with Gasteiger partial charge in [0, 0.05) is 19.6 Å². The van der Waals surface area contributed by atoms with Crippen LogP contribution in [-0.4, -0.2) is 55.0 Å². The van der Waals surface area contributed by atoms with Gasteiger partial charge in [-0.25, -0.2) is 0 Å². The van der Waals surface area contributed by atoms with Crippen molar-refractivity contribution >= 4 is 29.9 Å². The van der Waals surface area contributed by atoms with Gasteiger partial charge in [-0.1, -0.05) is 6.92 Å². The molecule has 1 saturated carbocycles. The fraction of sp³-hybridized carbons (Fsp3) is 0.933. The number of rotatable bonds is 6. The lowest BCUT2D eigenvalue weighted by atomic mass is 9.99. The Morgan fingerprint density at radius 2 is 1.85 bits per heavy atom. The Morgan fingerprint density at radius 1 is 1.20 bits per heavy atom. The fourth-order valence-electron chi connectivity index (χ4n) is 2.69. The van der Waals surface area contributed by atoms with Crippen molar-refractivity contribution in [2.75, 3.05) is 33.2 Å². The van der Waals surface area contributed by atoms with Gasteiger partial charge >= 0.3 is 0 Å². The second-order valence-corrected chi connectivity index (χ2v) is 6.31. The van der Waals surface area contributed by atoms with Gasteiger partial charge in [0.1, 0.15) is 0 Å². The normalized spacial score (nSPS) is 21.6. The van der Waals surface area contributed by atoms with E-state index in [-0.39, 0.29) is 24.0 Å². The Hall–Kier alpha value is -0.0400. The van der Waals surface area contributed by atoms with E-state index in [9.17, 15) is 0 Å². The summed E-state index contributed by atoms with van der Waals surface area (Å²) in [5.41, 5.74) is 5.96. The van der Waals surface area contributed by atoms with Crippen LogP contribution in [0, 0.1) is 5.92 Å². The summed E-state index contributed by atoms with van der Waals surface area (Å²) in [7, 11) is 2.06. The molecule has 0 aromatic heterocycles. The first-order valence-corrected chi connectivity index (χ1v) is 7.92. The third-order valence-electron chi connectivity index (χ3n) is 4.49. The molecule has 1 heterocycles. The van der Waals surface area contributed by atoms with Crippen LogP contribution in [0.25, 0.3) is 0 Å². The molecule has 1 saturated heterocycles. The van der Waals surface area contributed by atoms with Crippen LogP contribution in [0.5, 0.6) is 0 Å². The maximum atomic E-state index is 5.96. The number of guanidine groups is 1. The van der Waals surface area contributed by atoms with Crippen LogP contribution >= 0.6 is 24.0 Å². The van der Waals surface area contributed by atoms with Crippen LogP contribution in [0.15, 0.2) is 4.99 Å². The number of halogens is 1. The first-order valence-electron chi connectivity index (χ1n) is 7.92. The second kappa shape index (κ2) is 9.07. The minimum Gasteiger partial charge on any atom is -0.370 e. The average molecular weight is 394 g/mol. The van der Waals surface area contributed by atoms with E-state index in [1.54, 1.807) is 0 Å². The van der Waals surface area contributed by atoms with Gasteiger partial charge in [0.15, 0.2) is 5.96 Å². The summed E-state index contributed by atoms with van der Waals surface area (Å²) >= 11 is 0. The number of hydrogen-bond donors (Lipinski definition) is 1. The quantitative estimate of drug-likeness (QED) is 0.326. The van der Waals surface area contributed by atoms with Crippen LogP contribution in [0.3, 0.4) is 0 Å². The number of nitrogens with two attached hydrogens (primary N) is 1. The molecule has 5 heteroatoms. The van der Waals surface area contributed by atoms with Gasteiger partial charge in [-0.3, -0.25) is 4.99 Å². The molecule has 1 aliphatic carbocycles. The Bertz CT molecular complexity index is 296. The molecule has 2 fully saturated rings. The summed E-state index contributed by atoms with van der Waals surface area (Å²) in [6, 6.07) is 0.666. The Labute approximate surface area is 141 Å². The Kier molecular flexibility index (Phi) is 8.17. The summed E-state index contributed by atoms with van der Waals surface area (Å²) < 4.78 is 0. The van der Waals surface area contributed by atoms with E-state index in [0.29, 0.717) is 6.04 Å². The van der Waals surface area contributed by atoms with Crippen LogP contribution in [0.2, 0.25) is 0 Å². The monoisotopic (exact) mass is 394 g/mol. The Morgan fingerprint density at radius 3 is 2.45 bits per heavy atom. The Balaban J connectivity index is 0.00000200. The fourth-order valence-corrected chi connectivity index (χ4v) is 2.69. The number of unbranched alkanes of at least 4 members (excludes halogenated alkanes) is 1. The molecule has 1 aliphatic heterocycles. The first kappa shape index (κ1) is 18.0. The zero-order valence-electron chi connectivity index (χ0n) is 13.1. The van der Waals surface area contributed by atoms with E-state index < -0.39 is 0 Å². The number of hydrogen-bond acceptors (Lipinski definition) is 2. The molecule has 0 amide bonds. The van der Waals surface area contributed by atoms with Gasteiger partial charge < -0.3 is 15.5 Å². The van der Waals surface area contributed by atoms with Crippen LogP contribution in [0.1, 0.15) is 45.4 Å². The molecule has 4 nitrogen and oxygen atoms in total. The molecule has 0 bridgehead atoms. The highest BCUT2D eigenvalue weighted by molar-refractivity contribution is 14.0. The second-order valence-electron chi connectivity index (χ2n) is 6.31. The molecule has 0 aromatic carbocycles. The predicted molar refractivity (Wildman–Crippen MR) is 96.8 cm³/mol. The molecular formula is C15H31IN4. The smallest absolute Gasteiger partial charge is 0.191 e. The van der Waals surface area contributed by atoms with Crippen molar-refractivity contribution < 1.29 is 0 Å². The summed E-state index contributed by atoms with van der Waals surface area (Å²) in [6.45, 7) is 7.06. The molecule has 0 atom stereocenters. The van der Waals surface area contributed by atoms with E-state index in [0.717, 1.165) is 24.8 Å². The zero-order valence-corrected chi connectivity index (χ0v) is 15.4. The van der Waals surface area contributed by atoms with E-state index in [4.69, 9.17) is 5.73 Å². The highest BCUT2D eigenvalue weighted by atomic mass is 127. The van der Waals surface area contributed by atoms with Crippen molar-refractivity contribution in [3.63, 3.8) is 0 Å². The minimum atomic E-state index is 0. The molecule has 0 radical (unpaired) electrons. The predicted octanol–water partition coefficient (Wildman–Crippen LogP) is 2.53. The van der Waals surface area contributed by atoms with Gasteiger partial charge in [0.2, 0.25) is 0 Å². The van der Waals surface area contributed by atoms with E-state index in [1.165, 1.54) is 51.7 Å². The highest BCUT2D eigenvalue weighted by Crippen LogP contribution is 2.24. The lowest BCUT2D eigenvalue weighted by Crippen LogP contribution is -2.36. The third-order valence-corrected chi connectivity index (χ3v) is 4.49. The van der Waals surface area contributed by atoms with Crippen molar-refractivity contribution in [2.24, 2.45) is 16.6 Å². The third kappa shape index (κ3) is 6.16. The summed E-state index contributed by atoms with van der Waals surface area (Å²) in [6.07, 6.45) is 7.71. The summed E-state index contributed by atoms with van der Waals surface area (Å²) in [5, 5.41) is 0. The van der Waals surface area contributed by atoms with E-state index >= 15 is 0 Å². The van der Waals surface area contributed by atoms with Crippen molar-refractivity contribution in [1.82, 2.24) is 9.80 Å². The molecule has 2 aliphatic rings. The molecule has 2 N–H and O–H groups in total. The van der Waals surface area contributed by atoms with Gasteiger partial charge in [0.05, 0.1) is 0 Å². The minimum absolute atomic E-state index is 0. The van der Waals surface area contributed by atoms with E-state index in [2.05, 4.69) is 28.8 Å².